The molecule has 6 aromatic carbocycles. The fraction of sp³-hybridized carbons (Fsp3) is 0.0870. The number of ether oxygens (including phenoxy) is 3. The minimum Gasteiger partial charge on any atom is -0.466 e. The molecular weight excluding hydrogens is 901 g/mol. The van der Waals surface area contributed by atoms with Gasteiger partial charge in [-0.25, -0.2) is 27.7 Å². The second kappa shape index (κ2) is 21.5. The van der Waals surface area contributed by atoms with Gasteiger partial charge in [-0.1, -0.05) is 68.1 Å². The number of esters is 1. The molecule has 67 heavy (non-hydrogen) atoms. The van der Waals surface area contributed by atoms with Crippen molar-refractivity contribution in [2.75, 3.05) is 7.11 Å². The zero-order chi connectivity index (χ0) is 48.3. The number of rotatable bonds is 7. The first-order valence-electron chi connectivity index (χ1n) is 18.2. The summed E-state index contributed by atoms with van der Waals surface area (Å²) in [7, 11) is 0.961. The van der Waals surface area contributed by atoms with E-state index in [1.165, 1.54) is 17.1 Å². The number of isocyanates is 1. The van der Waals surface area contributed by atoms with Crippen molar-refractivity contribution < 1.29 is 58.9 Å². The van der Waals surface area contributed by atoms with Crippen LogP contribution in [0.25, 0.3) is 27.2 Å². The highest BCUT2D eigenvalue weighted by Gasteiger charge is 2.34. The van der Waals surface area contributed by atoms with Crippen molar-refractivity contribution in [3.63, 3.8) is 0 Å². The molecule has 7 aromatic rings. The zero-order valence-corrected chi connectivity index (χ0v) is 33.3. The van der Waals surface area contributed by atoms with Gasteiger partial charge in [0, 0.05) is 18.2 Å². The third-order valence-corrected chi connectivity index (χ3v) is 8.68. The average Bonchev–Trinajstić information content (AvgIpc) is 3.27. The molecule has 0 atom stereocenters. The number of nitrogens with zero attached hydrogens (tertiary/aromatic N) is 4. The van der Waals surface area contributed by atoms with E-state index in [2.05, 4.69) is 15.5 Å². The third kappa shape index (κ3) is 12.8. The number of nitriles is 2. The largest absolute Gasteiger partial charge is 0.466 e. The van der Waals surface area contributed by atoms with E-state index in [-0.39, 0.29) is 58.2 Å². The van der Waals surface area contributed by atoms with Gasteiger partial charge in [-0.05, 0) is 57.9 Å². The molecule has 0 unspecified atom stereocenters. The number of aliphatic imine (C=N–C) groups is 1. The lowest BCUT2D eigenvalue weighted by Crippen LogP contribution is -2.36. The highest BCUT2D eigenvalue weighted by Crippen LogP contribution is 2.34. The Morgan fingerprint density at radius 3 is 1.67 bits per heavy atom. The number of aromatic amines is 1. The van der Waals surface area contributed by atoms with Crippen LogP contribution in [0.1, 0.15) is 24.2 Å². The van der Waals surface area contributed by atoms with Crippen LogP contribution in [0, 0.1) is 34.3 Å². The van der Waals surface area contributed by atoms with Crippen LogP contribution in [0.3, 0.4) is 0 Å². The zero-order valence-electron chi connectivity index (χ0n) is 33.3. The maximum Gasteiger partial charge on any atom is 0.431 e. The van der Waals surface area contributed by atoms with E-state index in [0.717, 1.165) is 46.9 Å². The summed E-state index contributed by atoms with van der Waals surface area (Å²) in [5.41, 5.74) is -2.59. The molecule has 3 N–H and O–H groups in total. The van der Waals surface area contributed by atoms with Gasteiger partial charge in [0.25, 0.3) is 5.56 Å². The number of H-pyrrole nitrogens is 1. The first-order chi connectivity index (χ1) is 31.3. The standard InChI is InChI=1S/C22H11F4N3O3.C18H9FN2O2.C5H6F3NO2.CH4/c23-16-8-14(11-27)18(32-15-6-5-12-3-1-2-4-13(12)7-15)9-17(16)29-20(30)10-19(22(24,25)26)28-21(29)31;19-16-8-14(10-20)18(9-17(16)21-11-22)23-15-6-5-12-3-1-2-4-13(12)7-15;1-11-4(10)2-3(9)5(6,7)8;/h1-10H,(H,28,31);1-9H;2H,9H2,1H3;1H4/b;;3-2-;. The van der Waals surface area contributed by atoms with E-state index < -0.39 is 58.3 Å². The number of nitrogens with two attached hydrogens (primary N) is 1. The Balaban J connectivity index is 0.000000245. The van der Waals surface area contributed by atoms with Gasteiger partial charge in [-0.2, -0.15) is 41.9 Å². The number of hydrogen-bond acceptors (Lipinski definition) is 11. The molecule has 0 radical (unpaired) electrons. The highest BCUT2D eigenvalue weighted by molar-refractivity contribution is 5.85. The van der Waals surface area contributed by atoms with Gasteiger partial charge in [-0.3, -0.25) is 4.79 Å². The maximum atomic E-state index is 14.6. The van der Waals surface area contributed by atoms with Crippen molar-refractivity contribution in [3.8, 4) is 40.8 Å². The van der Waals surface area contributed by atoms with Gasteiger partial charge in [0.2, 0.25) is 6.08 Å². The Morgan fingerprint density at radius 1 is 0.731 bits per heavy atom. The fourth-order valence-electron chi connectivity index (χ4n) is 5.59. The molecule has 0 aliphatic rings. The van der Waals surface area contributed by atoms with Gasteiger partial charge in [0.15, 0.2) is 5.82 Å². The lowest BCUT2D eigenvalue weighted by atomic mass is 10.1. The Labute approximate surface area is 372 Å². The predicted molar refractivity (Wildman–Crippen MR) is 226 cm³/mol. The number of alkyl halides is 6. The van der Waals surface area contributed by atoms with Crippen molar-refractivity contribution >= 4 is 39.3 Å². The normalized spacial score (nSPS) is 10.9. The van der Waals surface area contributed by atoms with E-state index in [1.807, 2.05) is 66.7 Å². The second-order valence-corrected chi connectivity index (χ2v) is 13.0. The van der Waals surface area contributed by atoms with Gasteiger partial charge in [0.05, 0.1) is 30.0 Å². The van der Waals surface area contributed by atoms with Gasteiger partial charge < -0.3 is 24.9 Å². The summed E-state index contributed by atoms with van der Waals surface area (Å²) in [6, 6.07) is 33.1. The Morgan fingerprint density at radius 2 is 1.22 bits per heavy atom. The van der Waals surface area contributed by atoms with Crippen LogP contribution in [0.4, 0.5) is 40.8 Å². The van der Waals surface area contributed by atoms with E-state index in [0.29, 0.717) is 5.75 Å². The monoisotopic (exact) mass is 930 g/mol. The Kier molecular flexibility index (Phi) is 16.3. The van der Waals surface area contributed by atoms with Gasteiger partial charge in [-0.15, -0.1) is 0 Å². The van der Waals surface area contributed by atoms with E-state index in [1.54, 1.807) is 30.3 Å². The molecule has 0 aliphatic heterocycles. The summed E-state index contributed by atoms with van der Waals surface area (Å²) in [5.74, 6) is -2.36. The summed E-state index contributed by atoms with van der Waals surface area (Å²) in [4.78, 5) is 49.7. The first-order valence-corrected chi connectivity index (χ1v) is 18.2. The number of hydrogen-bond donors (Lipinski definition) is 2. The van der Waals surface area contributed by atoms with Crippen LogP contribution in [0.2, 0.25) is 0 Å². The van der Waals surface area contributed by atoms with E-state index in [9.17, 15) is 59.6 Å². The van der Waals surface area contributed by atoms with Crippen LogP contribution in [-0.4, -0.2) is 34.9 Å². The van der Waals surface area contributed by atoms with Gasteiger partial charge >= 0.3 is 24.0 Å². The smallest absolute Gasteiger partial charge is 0.431 e. The van der Waals surface area contributed by atoms with Crippen molar-refractivity contribution in [1.82, 2.24) is 9.55 Å². The molecule has 7 rings (SSSR count). The topological polar surface area (TPSA) is 203 Å². The Bertz CT molecular complexity index is 3240. The number of methoxy groups -OCH3 is 1. The van der Waals surface area contributed by atoms with Crippen LogP contribution in [0.5, 0.6) is 23.0 Å². The summed E-state index contributed by atoms with van der Waals surface area (Å²) in [6.07, 6.45) is -8.19. The third-order valence-electron chi connectivity index (χ3n) is 8.68. The molecular formula is C46H30F8N6O7. The van der Waals surface area contributed by atoms with Crippen LogP contribution < -0.4 is 26.5 Å². The Hall–Kier alpha value is -9.07. The summed E-state index contributed by atoms with van der Waals surface area (Å²) in [6.45, 7) is 0. The molecule has 1 aromatic heterocycles. The van der Waals surface area contributed by atoms with Crippen LogP contribution in [-0.2, 0) is 20.5 Å². The lowest BCUT2D eigenvalue weighted by molar-refractivity contribution is -0.141. The number of allylic oxidation sites excluding steroid dienone is 1. The molecule has 0 saturated heterocycles. The van der Waals surface area contributed by atoms with Crippen molar-refractivity contribution in [3.05, 3.63) is 176 Å². The number of fused-ring (bicyclic) bond motifs is 2. The van der Waals surface area contributed by atoms with Crippen LogP contribution >= 0.6 is 0 Å². The van der Waals surface area contributed by atoms with Crippen molar-refractivity contribution in [1.29, 1.82) is 10.5 Å². The molecule has 342 valence electrons. The van der Waals surface area contributed by atoms with E-state index in [4.69, 9.17) is 14.7 Å². The maximum absolute atomic E-state index is 14.6. The highest BCUT2D eigenvalue weighted by atomic mass is 19.4. The summed E-state index contributed by atoms with van der Waals surface area (Å²) < 4.78 is 117. The fourth-order valence-corrected chi connectivity index (χ4v) is 5.59. The van der Waals surface area contributed by atoms with Crippen molar-refractivity contribution in [2.24, 2.45) is 10.7 Å². The number of benzene rings is 6. The second-order valence-electron chi connectivity index (χ2n) is 13.0. The van der Waals surface area contributed by atoms with Crippen molar-refractivity contribution in [2.45, 2.75) is 19.8 Å². The molecule has 0 fully saturated rings. The number of carbonyl (C=O) groups excluding carboxylic acids is 2. The quantitative estimate of drug-likeness (QED) is 0.0509. The molecule has 0 aliphatic carbocycles. The molecule has 21 heteroatoms. The lowest BCUT2D eigenvalue weighted by Gasteiger charge is -2.13. The minimum absolute atomic E-state index is 0. The molecule has 1 heterocycles. The number of nitrogens with one attached hydrogen (secondary N) is 1. The average molecular weight is 931 g/mol. The number of carbonyl (C=O) groups is 1. The SMILES string of the molecule is C.COC(=O)/C=C(\N)C(F)(F)F.N#Cc1cc(F)c(-n2c(=O)cc(C(F)(F)F)[nH]c2=O)cc1Oc1ccc2ccccc2c1.N#Cc1cc(F)c(N=C=O)cc1Oc1ccc2ccccc2c1. The minimum atomic E-state index is -4.97. The number of halogens is 8. The molecule has 0 spiro atoms. The van der Waals surface area contributed by atoms with Crippen LogP contribution in [0.15, 0.2) is 142 Å². The summed E-state index contributed by atoms with van der Waals surface area (Å²) >= 11 is 0. The molecule has 0 saturated carbocycles. The van der Waals surface area contributed by atoms with Gasteiger partial charge in [0.1, 0.15) is 58.0 Å². The number of aromatic nitrogens is 2. The molecule has 13 nitrogen and oxygen atoms in total. The van der Waals surface area contributed by atoms with E-state index >= 15 is 0 Å². The molecule has 0 amide bonds. The summed E-state index contributed by atoms with van der Waals surface area (Å²) in [5, 5.41) is 22.2. The first kappa shape index (κ1) is 50.6. The predicted octanol–water partition coefficient (Wildman–Crippen LogP) is 10.3. The molecule has 0 bridgehead atoms.